The van der Waals surface area contributed by atoms with Gasteiger partial charge in [-0.15, -0.1) is 12.3 Å². The van der Waals surface area contributed by atoms with E-state index in [2.05, 4.69) is 5.92 Å². The first-order chi connectivity index (χ1) is 8.93. The first kappa shape index (κ1) is 15.4. The average molecular weight is 270 g/mol. The fraction of sp³-hybridized carbons (Fsp3) is 0.467. The fourth-order valence-corrected chi connectivity index (χ4v) is 2.08. The van der Waals surface area contributed by atoms with Gasteiger partial charge in [-0.05, 0) is 30.0 Å². The van der Waals surface area contributed by atoms with Crippen LogP contribution in [0, 0.1) is 12.3 Å². The number of rotatable bonds is 5. The summed E-state index contributed by atoms with van der Waals surface area (Å²) in [5.74, 6) is 2.86. The number of alkyl halides is 3. The molecule has 0 aliphatic carbocycles. The van der Waals surface area contributed by atoms with E-state index in [1.54, 1.807) is 0 Å². The lowest BCUT2D eigenvalue weighted by Crippen LogP contribution is -2.07. The predicted molar refractivity (Wildman–Crippen MR) is 69.1 cm³/mol. The molecule has 104 valence electrons. The van der Waals surface area contributed by atoms with E-state index < -0.39 is 11.7 Å². The summed E-state index contributed by atoms with van der Waals surface area (Å²) in [6, 6.07) is 3.59. The first-order valence-electron chi connectivity index (χ1n) is 6.12. The number of terminal acetylenes is 1. The minimum Gasteiger partial charge on any atom is -0.496 e. The Morgan fingerprint density at radius 1 is 1.37 bits per heavy atom. The van der Waals surface area contributed by atoms with Crippen LogP contribution in [0.25, 0.3) is 0 Å². The molecule has 0 fully saturated rings. The van der Waals surface area contributed by atoms with Crippen LogP contribution < -0.4 is 4.74 Å². The summed E-state index contributed by atoms with van der Waals surface area (Å²) in [4.78, 5) is 0. The van der Waals surface area contributed by atoms with Crippen molar-refractivity contribution >= 4 is 0 Å². The van der Waals surface area contributed by atoms with Crippen LogP contribution in [0.4, 0.5) is 13.2 Å². The highest BCUT2D eigenvalue weighted by Crippen LogP contribution is 2.37. The zero-order chi connectivity index (χ0) is 14.5. The van der Waals surface area contributed by atoms with Crippen molar-refractivity contribution in [2.24, 2.45) is 0 Å². The van der Waals surface area contributed by atoms with Gasteiger partial charge in [0.25, 0.3) is 0 Å². The smallest absolute Gasteiger partial charge is 0.416 e. The van der Waals surface area contributed by atoms with Gasteiger partial charge in [0.15, 0.2) is 0 Å². The second kappa shape index (κ2) is 6.51. The second-order valence-corrected chi connectivity index (χ2v) is 4.35. The van der Waals surface area contributed by atoms with Gasteiger partial charge in [-0.3, -0.25) is 0 Å². The van der Waals surface area contributed by atoms with Gasteiger partial charge >= 0.3 is 6.18 Å². The molecular weight excluding hydrogens is 253 g/mol. The standard InChI is InChI=1S/C15H17F3O/c1-4-6-11(7-5-2)13-9-8-12(15(16,17)18)10-14(13)19-3/h1,8-11H,5-7H2,2-3H3. The molecule has 1 atom stereocenters. The minimum absolute atomic E-state index is 0.0345. The molecule has 0 aliphatic heterocycles. The molecule has 4 heteroatoms. The van der Waals surface area contributed by atoms with Crippen molar-refractivity contribution in [3.8, 4) is 18.1 Å². The lowest BCUT2D eigenvalue weighted by atomic mass is 9.90. The Morgan fingerprint density at radius 3 is 2.53 bits per heavy atom. The van der Waals surface area contributed by atoms with Crippen LogP contribution in [0.2, 0.25) is 0 Å². The molecule has 19 heavy (non-hydrogen) atoms. The van der Waals surface area contributed by atoms with Crippen LogP contribution in [0.15, 0.2) is 18.2 Å². The van der Waals surface area contributed by atoms with E-state index in [1.807, 2.05) is 6.92 Å². The van der Waals surface area contributed by atoms with E-state index in [-0.39, 0.29) is 11.7 Å². The van der Waals surface area contributed by atoms with Crippen LogP contribution in [-0.2, 0) is 6.18 Å². The van der Waals surface area contributed by atoms with E-state index in [9.17, 15) is 13.2 Å². The molecule has 0 radical (unpaired) electrons. The lowest BCUT2D eigenvalue weighted by molar-refractivity contribution is -0.137. The van der Waals surface area contributed by atoms with E-state index >= 15 is 0 Å². The number of benzene rings is 1. The maximum atomic E-state index is 12.6. The second-order valence-electron chi connectivity index (χ2n) is 4.35. The normalized spacial score (nSPS) is 12.8. The molecule has 0 spiro atoms. The zero-order valence-corrected chi connectivity index (χ0v) is 11.1. The number of hydrogen-bond donors (Lipinski definition) is 0. The Balaban J connectivity index is 3.17. The van der Waals surface area contributed by atoms with Crippen LogP contribution >= 0.6 is 0 Å². The van der Waals surface area contributed by atoms with Gasteiger partial charge in [-0.25, -0.2) is 0 Å². The fourth-order valence-electron chi connectivity index (χ4n) is 2.08. The molecule has 1 rings (SSSR count). The van der Waals surface area contributed by atoms with Crippen molar-refractivity contribution in [2.75, 3.05) is 7.11 Å². The monoisotopic (exact) mass is 270 g/mol. The maximum Gasteiger partial charge on any atom is 0.416 e. The number of methoxy groups -OCH3 is 1. The summed E-state index contributed by atoms with van der Waals surface area (Å²) in [5.41, 5.74) is 0.0411. The average Bonchev–Trinajstić information content (AvgIpc) is 2.36. The Bertz CT molecular complexity index is 457. The quantitative estimate of drug-likeness (QED) is 0.709. The Labute approximate surface area is 111 Å². The van der Waals surface area contributed by atoms with E-state index in [0.717, 1.165) is 30.5 Å². The summed E-state index contributed by atoms with van der Waals surface area (Å²) >= 11 is 0. The summed E-state index contributed by atoms with van der Waals surface area (Å²) in [7, 11) is 1.37. The Kier molecular flexibility index (Phi) is 5.29. The molecule has 1 unspecified atom stereocenters. The van der Waals surface area contributed by atoms with Crippen LogP contribution in [0.3, 0.4) is 0 Å². The van der Waals surface area contributed by atoms with Crippen molar-refractivity contribution < 1.29 is 17.9 Å². The van der Waals surface area contributed by atoms with Gasteiger partial charge in [-0.2, -0.15) is 13.2 Å². The molecule has 0 heterocycles. The molecule has 0 saturated heterocycles. The molecular formula is C15H17F3O. The number of hydrogen-bond acceptors (Lipinski definition) is 1. The third-order valence-corrected chi connectivity index (χ3v) is 3.00. The largest absolute Gasteiger partial charge is 0.496 e. The highest BCUT2D eigenvalue weighted by molar-refractivity contribution is 5.41. The van der Waals surface area contributed by atoms with Gasteiger partial charge in [0, 0.05) is 6.42 Å². The summed E-state index contributed by atoms with van der Waals surface area (Å²) in [6.45, 7) is 2.01. The van der Waals surface area contributed by atoms with Gasteiger partial charge < -0.3 is 4.74 Å². The minimum atomic E-state index is -4.36. The van der Waals surface area contributed by atoms with Crippen molar-refractivity contribution in [2.45, 2.75) is 38.3 Å². The molecule has 0 amide bonds. The zero-order valence-electron chi connectivity index (χ0n) is 11.1. The van der Waals surface area contributed by atoms with Gasteiger partial charge in [0.05, 0.1) is 12.7 Å². The van der Waals surface area contributed by atoms with Gasteiger partial charge in [0.2, 0.25) is 0 Å². The lowest BCUT2D eigenvalue weighted by Gasteiger charge is -2.19. The highest BCUT2D eigenvalue weighted by atomic mass is 19.4. The molecule has 0 aromatic heterocycles. The first-order valence-corrected chi connectivity index (χ1v) is 6.12. The summed E-state index contributed by atoms with van der Waals surface area (Å²) in [6.07, 6.45) is 3.19. The summed E-state index contributed by atoms with van der Waals surface area (Å²) < 4.78 is 43.0. The molecule has 1 nitrogen and oxygen atoms in total. The van der Waals surface area contributed by atoms with E-state index in [0.29, 0.717) is 6.42 Å². The Hall–Kier alpha value is -1.63. The highest BCUT2D eigenvalue weighted by Gasteiger charge is 2.31. The molecule has 0 N–H and O–H groups in total. The Morgan fingerprint density at radius 2 is 2.05 bits per heavy atom. The summed E-state index contributed by atoms with van der Waals surface area (Å²) in [5, 5.41) is 0. The van der Waals surface area contributed by atoms with Crippen LogP contribution in [0.5, 0.6) is 5.75 Å². The van der Waals surface area contributed by atoms with Crippen LogP contribution in [-0.4, -0.2) is 7.11 Å². The van der Waals surface area contributed by atoms with Gasteiger partial charge in [-0.1, -0.05) is 19.4 Å². The topological polar surface area (TPSA) is 9.23 Å². The predicted octanol–water partition coefficient (Wildman–Crippen LogP) is 4.62. The number of halogens is 3. The van der Waals surface area contributed by atoms with Crippen LogP contribution in [0.1, 0.15) is 43.2 Å². The molecule has 0 saturated carbocycles. The van der Waals surface area contributed by atoms with Crippen molar-refractivity contribution in [1.29, 1.82) is 0 Å². The maximum absolute atomic E-state index is 12.6. The van der Waals surface area contributed by atoms with Crippen molar-refractivity contribution in [1.82, 2.24) is 0 Å². The van der Waals surface area contributed by atoms with E-state index in [1.165, 1.54) is 13.2 Å². The van der Waals surface area contributed by atoms with Gasteiger partial charge in [0.1, 0.15) is 5.75 Å². The molecule has 1 aromatic carbocycles. The third-order valence-electron chi connectivity index (χ3n) is 3.00. The number of ether oxygens (including phenoxy) is 1. The van der Waals surface area contributed by atoms with E-state index in [4.69, 9.17) is 11.2 Å². The third kappa shape index (κ3) is 3.92. The molecule has 1 aromatic rings. The SMILES string of the molecule is C#CCC(CCC)c1ccc(C(F)(F)F)cc1OC. The van der Waals surface area contributed by atoms with Crippen molar-refractivity contribution in [3.05, 3.63) is 29.3 Å². The van der Waals surface area contributed by atoms with Crippen molar-refractivity contribution in [3.63, 3.8) is 0 Å². The molecule has 0 aliphatic rings. The molecule has 0 bridgehead atoms.